The number of hydrogen-bond acceptors (Lipinski definition) is 8. The quantitative estimate of drug-likeness (QED) is 0.304. The third-order valence-electron chi connectivity index (χ3n) is 6.39. The molecule has 0 aliphatic heterocycles. The van der Waals surface area contributed by atoms with Crippen LogP contribution in [0.15, 0.2) is 56.2 Å². The predicted octanol–water partition coefficient (Wildman–Crippen LogP) is 4.96. The Labute approximate surface area is 232 Å². The summed E-state index contributed by atoms with van der Waals surface area (Å²) in [5.74, 6) is -2.83. The molecule has 2 amide bonds. The molecule has 10 nitrogen and oxygen atoms in total. The number of furan rings is 1. The number of benzene rings is 1. The zero-order chi connectivity index (χ0) is 30.1. The van der Waals surface area contributed by atoms with Crippen molar-refractivity contribution in [3.05, 3.63) is 81.4 Å². The molecule has 13 heteroatoms. The van der Waals surface area contributed by atoms with E-state index in [1.54, 1.807) is 27.1 Å². The molecule has 0 saturated carbocycles. The number of alkyl halides is 3. The molecule has 2 N–H and O–H groups in total. The average Bonchev–Trinajstić information content (AvgIpc) is 3.31. The monoisotopic (exact) mass is 571 g/mol. The van der Waals surface area contributed by atoms with Gasteiger partial charge in [-0.05, 0) is 63.6 Å². The van der Waals surface area contributed by atoms with E-state index in [2.05, 4.69) is 25.0 Å². The van der Waals surface area contributed by atoms with Gasteiger partial charge in [-0.2, -0.15) is 18.2 Å². The minimum atomic E-state index is -4.86. The number of hydrogen-bond donors (Lipinski definition) is 2. The van der Waals surface area contributed by atoms with Crippen LogP contribution in [0.2, 0.25) is 0 Å². The third-order valence-corrected chi connectivity index (χ3v) is 6.39. The number of aryl methyl sites for hydroxylation is 2. The van der Waals surface area contributed by atoms with Crippen molar-refractivity contribution in [2.45, 2.75) is 45.8 Å². The van der Waals surface area contributed by atoms with E-state index in [9.17, 15) is 27.6 Å². The molecule has 216 valence electrons. The molecular formula is C28H28F3N5O5. The first kappa shape index (κ1) is 29.3. The van der Waals surface area contributed by atoms with E-state index in [-0.39, 0.29) is 39.8 Å². The number of pyridine rings is 1. The Kier molecular flexibility index (Phi) is 7.91. The lowest BCUT2D eigenvalue weighted by Gasteiger charge is -2.30. The molecule has 4 aromatic rings. The van der Waals surface area contributed by atoms with Crippen LogP contribution in [0.3, 0.4) is 0 Å². The van der Waals surface area contributed by atoms with Gasteiger partial charge < -0.3 is 24.4 Å². The summed E-state index contributed by atoms with van der Waals surface area (Å²) in [5.41, 5.74) is -1.33. The standard InChI is InChI=1S/C28H28F3N5O5/c1-15-14-18(22(40-15)28(29,30)31)23(37)33-19-9-10-20-21(16(19)2)24(38)41-26(34-20)35-27(3,4)25(39)36(5)13-11-17-8-6-7-12-32-17/h6-10,12,14H,11,13H2,1-5H3,(H,33,37)(H,34,35). The SMILES string of the molecule is Cc1cc(C(=O)Nc2ccc3nc(NC(C)(C)C(=O)N(C)CCc4ccccn4)oc(=O)c3c2C)c(C(F)(F)F)o1. The molecule has 0 bridgehead atoms. The molecule has 0 spiro atoms. The molecule has 1 aromatic carbocycles. The minimum Gasteiger partial charge on any atom is -0.456 e. The molecule has 3 aromatic heterocycles. The van der Waals surface area contributed by atoms with Gasteiger partial charge in [-0.1, -0.05) is 6.07 Å². The summed E-state index contributed by atoms with van der Waals surface area (Å²) in [6.07, 6.45) is -2.63. The molecule has 0 unspecified atom stereocenters. The van der Waals surface area contributed by atoms with Gasteiger partial charge in [-0.3, -0.25) is 14.6 Å². The fraction of sp³-hybridized carbons (Fsp3) is 0.321. The summed E-state index contributed by atoms with van der Waals surface area (Å²) in [4.78, 5) is 48.8. The summed E-state index contributed by atoms with van der Waals surface area (Å²) in [6, 6.07) is 9.16. The van der Waals surface area contributed by atoms with Gasteiger partial charge in [-0.25, -0.2) is 4.79 Å². The largest absolute Gasteiger partial charge is 0.456 e. The first-order valence-electron chi connectivity index (χ1n) is 12.5. The van der Waals surface area contributed by atoms with Crippen molar-refractivity contribution in [1.82, 2.24) is 14.9 Å². The summed E-state index contributed by atoms with van der Waals surface area (Å²) >= 11 is 0. The van der Waals surface area contributed by atoms with Crippen LogP contribution in [-0.2, 0) is 17.4 Å². The lowest BCUT2D eigenvalue weighted by atomic mass is 10.0. The van der Waals surface area contributed by atoms with Gasteiger partial charge in [0.05, 0.1) is 16.5 Å². The summed E-state index contributed by atoms with van der Waals surface area (Å²) in [7, 11) is 1.65. The molecule has 0 fully saturated rings. The number of rotatable bonds is 8. The summed E-state index contributed by atoms with van der Waals surface area (Å²) in [5, 5.41) is 5.29. The van der Waals surface area contributed by atoms with Crippen LogP contribution in [0.1, 0.15) is 47.0 Å². The van der Waals surface area contributed by atoms with Crippen LogP contribution >= 0.6 is 0 Å². The van der Waals surface area contributed by atoms with E-state index in [0.717, 1.165) is 11.8 Å². The number of carbonyl (C=O) groups is 2. The number of amides is 2. The minimum absolute atomic E-state index is 0.0179. The van der Waals surface area contributed by atoms with E-state index in [0.29, 0.717) is 13.0 Å². The molecule has 4 rings (SSSR count). The molecule has 3 heterocycles. The Hall–Kier alpha value is -4.68. The molecule has 0 aliphatic rings. The number of anilines is 2. The lowest BCUT2D eigenvalue weighted by molar-refractivity contribution is -0.153. The Balaban J connectivity index is 1.53. The summed E-state index contributed by atoms with van der Waals surface area (Å²) in [6.45, 7) is 6.45. The molecule has 0 radical (unpaired) electrons. The maximum atomic E-state index is 13.3. The predicted molar refractivity (Wildman–Crippen MR) is 145 cm³/mol. The Morgan fingerprint density at radius 3 is 2.46 bits per heavy atom. The van der Waals surface area contributed by atoms with Gasteiger partial charge in [0.25, 0.3) is 11.9 Å². The highest BCUT2D eigenvalue weighted by Gasteiger charge is 2.40. The zero-order valence-electron chi connectivity index (χ0n) is 23.0. The number of likely N-dealkylation sites (N-methyl/N-ethyl adjacent to an activating group) is 1. The fourth-order valence-corrected chi connectivity index (χ4v) is 4.32. The van der Waals surface area contributed by atoms with Crippen LogP contribution < -0.4 is 16.3 Å². The van der Waals surface area contributed by atoms with Crippen molar-refractivity contribution >= 4 is 34.4 Å². The first-order valence-corrected chi connectivity index (χ1v) is 12.5. The van der Waals surface area contributed by atoms with Gasteiger partial charge in [0.1, 0.15) is 11.3 Å². The van der Waals surface area contributed by atoms with Crippen molar-refractivity contribution in [3.63, 3.8) is 0 Å². The maximum absolute atomic E-state index is 13.3. The van der Waals surface area contributed by atoms with Gasteiger partial charge in [-0.15, -0.1) is 0 Å². The Morgan fingerprint density at radius 2 is 1.80 bits per heavy atom. The van der Waals surface area contributed by atoms with Crippen molar-refractivity contribution in [1.29, 1.82) is 0 Å². The first-order chi connectivity index (χ1) is 19.2. The van der Waals surface area contributed by atoms with E-state index in [1.807, 2.05) is 18.2 Å². The van der Waals surface area contributed by atoms with E-state index in [4.69, 9.17) is 4.42 Å². The number of aromatic nitrogens is 2. The normalized spacial score (nSPS) is 11.9. The number of nitrogens with one attached hydrogen (secondary N) is 2. The van der Waals surface area contributed by atoms with E-state index in [1.165, 1.54) is 30.9 Å². The highest BCUT2D eigenvalue weighted by molar-refractivity contribution is 6.06. The lowest BCUT2D eigenvalue weighted by Crippen LogP contribution is -2.49. The van der Waals surface area contributed by atoms with E-state index >= 15 is 0 Å². The van der Waals surface area contributed by atoms with Crippen LogP contribution in [0.5, 0.6) is 0 Å². The highest BCUT2D eigenvalue weighted by atomic mass is 19.4. The van der Waals surface area contributed by atoms with Gasteiger partial charge in [0.15, 0.2) is 0 Å². The van der Waals surface area contributed by atoms with Crippen LogP contribution in [0.4, 0.5) is 24.9 Å². The second-order valence-corrected chi connectivity index (χ2v) is 10.0. The van der Waals surface area contributed by atoms with Crippen molar-refractivity contribution in [3.8, 4) is 0 Å². The number of carbonyl (C=O) groups excluding carboxylic acids is 2. The van der Waals surface area contributed by atoms with Crippen LogP contribution in [0, 0.1) is 13.8 Å². The topological polar surface area (TPSA) is 131 Å². The average molecular weight is 572 g/mol. The third kappa shape index (κ3) is 6.39. The maximum Gasteiger partial charge on any atom is 0.450 e. The van der Waals surface area contributed by atoms with Gasteiger partial charge in [0.2, 0.25) is 11.7 Å². The molecule has 41 heavy (non-hydrogen) atoms. The van der Waals surface area contributed by atoms with Crippen molar-refractivity contribution < 1.29 is 31.6 Å². The highest BCUT2D eigenvalue weighted by Crippen LogP contribution is 2.35. The van der Waals surface area contributed by atoms with Gasteiger partial charge >= 0.3 is 11.8 Å². The smallest absolute Gasteiger partial charge is 0.450 e. The van der Waals surface area contributed by atoms with Crippen LogP contribution in [0.25, 0.3) is 10.9 Å². The number of fused-ring (bicyclic) bond motifs is 1. The second kappa shape index (κ2) is 11.1. The number of halogens is 3. The Bertz CT molecular complexity index is 1660. The van der Waals surface area contributed by atoms with Crippen molar-refractivity contribution in [2.24, 2.45) is 0 Å². The molecule has 0 atom stereocenters. The van der Waals surface area contributed by atoms with Crippen molar-refractivity contribution in [2.75, 3.05) is 24.2 Å². The number of nitrogens with zero attached hydrogens (tertiary/aromatic N) is 3. The molecule has 0 aliphatic carbocycles. The Morgan fingerprint density at radius 1 is 1.07 bits per heavy atom. The fourth-order valence-electron chi connectivity index (χ4n) is 4.32. The van der Waals surface area contributed by atoms with E-state index < -0.39 is 34.6 Å². The second-order valence-electron chi connectivity index (χ2n) is 10.0. The molecular weight excluding hydrogens is 543 g/mol. The van der Waals surface area contributed by atoms with Crippen LogP contribution in [-0.4, -0.2) is 45.8 Å². The van der Waals surface area contributed by atoms with Gasteiger partial charge in [0, 0.05) is 37.6 Å². The zero-order valence-corrected chi connectivity index (χ0v) is 23.0. The molecule has 0 saturated heterocycles. The summed E-state index contributed by atoms with van der Waals surface area (Å²) < 4.78 is 49.9.